The van der Waals surface area contributed by atoms with Crippen LogP contribution in [0.2, 0.25) is 0 Å². The predicted octanol–water partition coefficient (Wildman–Crippen LogP) is -0.291. The molecular weight excluding hydrogens is 120 g/mol. The van der Waals surface area contributed by atoms with Crippen LogP contribution >= 0.6 is 0 Å². The van der Waals surface area contributed by atoms with Crippen LogP contribution in [0.5, 0.6) is 0 Å². The lowest BCUT2D eigenvalue weighted by atomic mass is 10.4. The summed E-state index contributed by atoms with van der Waals surface area (Å²) < 4.78 is 0. The SMILES string of the molecule is C#CC.OCC(O)CO.[HH].[HH].[HH]. The van der Waals surface area contributed by atoms with Crippen molar-refractivity contribution in [1.29, 1.82) is 0 Å². The fraction of sp³-hybridized carbons (Fsp3) is 0.667. The molecule has 60 valence electrons. The van der Waals surface area contributed by atoms with Gasteiger partial charge < -0.3 is 15.3 Å². The summed E-state index contributed by atoms with van der Waals surface area (Å²) in [6, 6.07) is 0. The van der Waals surface area contributed by atoms with Crippen LogP contribution in [-0.4, -0.2) is 34.6 Å². The molecule has 0 radical (unpaired) electrons. The molecule has 0 atom stereocenters. The molecule has 0 unspecified atom stereocenters. The van der Waals surface area contributed by atoms with Crippen LogP contribution in [0.4, 0.5) is 0 Å². The van der Waals surface area contributed by atoms with Crippen molar-refractivity contribution >= 4 is 0 Å². The van der Waals surface area contributed by atoms with Gasteiger partial charge in [-0.2, -0.15) is 0 Å². The van der Waals surface area contributed by atoms with Crippen molar-refractivity contribution in [2.75, 3.05) is 13.2 Å². The molecule has 3 nitrogen and oxygen atoms in total. The van der Waals surface area contributed by atoms with Gasteiger partial charge in [-0.25, -0.2) is 0 Å². The molecule has 0 aliphatic rings. The van der Waals surface area contributed by atoms with Gasteiger partial charge in [-0.1, -0.05) is 0 Å². The van der Waals surface area contributed by atoms with Crippen LogP contribution in [0, 0.1) is 12.3 Å². The topological polar surface area (TPSA) is 60.7 Å². The van der Waals surface area contributed by atoms with E-state index in [9.17, 15) is 0 Å². The van der Waals surface area contributed by atoms with E-state index in [-0.39, 0.29) is 17.5 Å². The maximum Gasteiger partial charge on any atom is 0.100 e. The zero-order valence-electron chi connectivity index (χ0n) is 5.41. The summed E-state index contributed by atoms with van der Waals surface area (Å²) >= 11 is 0. The first-order valence-corrected chi connectivity index (χ1v) is 2.50. The van der Waals surface area contributed by atoms with Crippen LogP contribution in [0.15, 0.2) is 0 Å². The molecule has 9 heavy (non-hydrogen) atoms. The molecule has 3 heteroatoms. The normalized spacial score (nSPS) is 7.56. The highest BCUT2D eigenvalue weighted by atomic mass is 16.3. The highest BCUT2D eigenvalue weighted by Gasteiger charge is 1.93. The minimum Gasteiger partial charge on any atom is -0.394 e. The molecule has 0 bridgehead atoms. The average Bonchev–Trinajstić information content (AvgIpc) is 1.88. The molecule has 0 amide bonds. The lowest BCUT2D eigenvalue weighted by Gasteiger charge is -1.96. The molecule has 0 aromatic carbocycles. The van der Waals surface area contributed by atoms with E-state index >= 15 is 0 Å². The molecule has 0 spiro atoms. The molecule has 3 N–H and O–H groups in total. The third kappa shape index (κ3) is 18.6. The van der Waals surface area contributed by atoms with Crippen molar-refractivity contribution < 1.29 is 19.6 Å². The zero-order valence-corrected chi connectivity index (χ0v) is 5.41. The minimum absolute atomic E-state index is 0. The average molecular weight is 138 g/mol. The Morgan fingerprint density at radius 1 is 1.56 bits per heavy atom. The monoisotopic (exact) mass is 138 g/mol. The number of terminal acetylenes is 1. The van der Waals surface area contributed by atoms with Gasteiger partial charge in [0.25, 0.3) is 0 Å². The molecular formula is C6H18O3. The molecule has 0 aromatic rings. The summed E-state index contributed by atoms with van der Waals surface area (Å²) in [7, 11) is 0. The summed E-state index contributed by atoms with van der Waals surface area (Å²) in [5.74, 6) is 2.25. The fourth-order valence-electron chi connectivity index (χ4n) is 0.0577. The van der Waals surface area contributed by atoms with E-state index in [1.807, 2.05) is 0 Å². The Labute approximate surface area is 59.4 Å². The van der Waals surface area contributed by atoms with Gasteiger partial charge in [0.15, 0.2) is 0 Å². The Morgan fingerprint density at radius 3 is 1.78 bits per heavy atom. The first-order valence-electron chi connectivity index (χ1n) is 2.50. The van der Waals surface area contributed by atoms with Crippen molar-refractivity contribution in [3.63, 3.8) is 0 Å². The Kier molecular flexibility index (Phi) is 13.1. The largest absolute Gasteiger partial charge is 0.394 e. The minimum atomic E-state index is -0.954. The maximum atomic E-state index is 8.17. The van der Waals surface area contributed by atoms with Gasteiger partial charge in [-0.05, 0) is 6.92 Å². The van der Waals surface area contributed by atoms with Crippen molar-refractivity contribution in [2.24, 2.45) is 0 Å². The quantitative estimate of drug-likeness (QED) is 0.459. The zero-order chi connectivity index (χ0) is 7.70. The van der Waals surface area contributed by atoms with Crippen molar-refractivity contribution in [1.82, 2.24) is 0 Å². The van der Waals surface area contributed by atoms with Crippen molar-refractivity contribution in [3.8, 4) is 12.3 Å². The predicted molar refractivity (Wildman–Crippen MR) is 41.0 cm³/mol. The van der Waals surface area contributed by atoms with E-state index < -0.39 is 6.10 Å². The molecule has 0 heterocycles. The fourth-order valence-corrected chi connectivity index (χ4v) is 0.0577. The van der Waals surface area contributed by atoms with E-state index in [1.54, 1.807) is 6.92 Å². The maximum absolute atomic E-state index is 8.17. The van der Waals surface area contributed by atoms with Gasteiger partial charge >= 0.3 is 0 Å². The highest BCUT2D eigenvalue weighted by Crippen LogP contribution is 1.71. The summed E-state index contributed by atoms with van der Waals surface area (Å²) in [5.41, 5.74) is 0. The summed E-state index contributed by atoms with van der Waals surface area (Å²) in [6.45, 7) is 0.924. The molecule has 0 aromatic heterocycles. The van der Waals surface area contributed by atoms with Gasteiger partial charge in [-0.15, -0.1) is 12.3 Å². The van der Waals surface area contributed by atoms with E-state index in [2.05, 4.69) is 12.3 Å². The van der Waals surface area contributed by atoms with Crippen LogP contribution in [0.1, 0.15) is 11.2 Å². The lowest BCUT2D eigenvalue weighted by Crippen LogP contribution is -2.15. The number of aliphatic hydroxyl groups is 3. The number of hydrogen-bond acceptors (Lipinski definition) is 3. The number of rotatable bonds is 2. The second kappa shape index (κ2) is 10.4. The highest BCUT2D eigenvalue weighted by molar-refractivity contribution is 4.73. The second-order valence-corrected chi connectivity index (χ2v) is 1.31. The molecule has 0 saturated heterocycles. The molecule has 0 aliphatic heterocycles. The Bertz CT molecular complexity index is 80.6. The Hall–Kier alpha value is -0.560. The second-order valence-electron chi connectivity index (χ2n) is 1.31. The van der Waals surface area contributed by atoms with Crippen LogP contribution < -0.4 is 0 Å². The molecule has 0 saturated carbocycles. The summed E-state index contributed by atoms with van der Waals surface area (Å²) in [6.07, 6.45) is 3.64. The van der Waals surface area contributed by atoms with Crippen LogP contribution in [0.3, 0.4) is 0 Å². The molecule has 0 aliphatic carbocycles. The van der Waals surface area contributed by atoms with Crippen LogP contribution in [0.25, 0.3) is 0 Å². The Morgan fingerprint density at radius 2 is 1.78 bits per heavy atom. The van der Waals surface area contributed by atoms with E-state index in [0.717, 1.165) is 0 Å². The molecule has 0 fully saturated rings. The molecule has 0 rings (SSSR count). The van der Waals surface area contributed by atoms with E-state index in [1.165, 1.54) is 0 Å². The first-order chi connectivity index (χ1) is 4.22. The van der Waals surface area contributed by atoms with Gasteiger partial charge in [0.05, 0.1) is 13.2 Å². The number of aliphatic hydroxyl groups excluding tert-OH is 3. The van der Waals surface area contributed by atoms with E-state index in [4.69, 9.17) is 15.3 Å². The summed E-state index contributed by atoms with van der Waals surface area (Å²) in [5, 5.41) is 24.0. The standard InChI is InChI=1S/C3H8O3.C3H4.3H2/c4-1-3(6)2-5;1-3-2;;;/h3-6H,1-2H2;1H,2H3;3*1H. The lowest BCUT2D eigenvalue weighted by molar-refractivity contribution is 0.0450. The van der Waals surface area contributed by atoms with Gasteiger partial charge in [-0.3, -0.25) is 0 Å². The van der Waals surface area contributed by atoms with E-state index in [0.29, 0.717) is 0 Å². The van der Waals surface area contributed by atoms with Gasteiger partial charge in [0, 0.05) is 4.28 Å². The smallest absolute Gasteiger partial charge is 0.100 e. The Balaban J connectivity index is -0.0000000246. The number of hydrogen-bond donors (Lipinski definition) is 3. The van der Waals surface area contributed by atoms with Gasteiger partial charge in [0.1, 0.15) is 6.10 Å². The van der Waals surface area contributed by atoms with Crippen molar-refractivity contribution in [2.45, 2.75) is 13.0 Å². The van der Waals surface area contributed by atoms with Gasteiger partial charge in [0.2, 0.25) is 0 Å². The third-order valence-corrected chi connectivity index (χ3v) is 0.421. The van der Waals surface area contributed by atoms with Crippen molar-refractivity contribution in [3.05, 3.63) is 0 Å². The third-order valence-electron chi connectivity index (χ3n) is 0.421. The summed E-state index contributed by atoms with van der Waals surface area (Å²) in [4.78, 5) is 0. The van der Waals surface area contributed by atoms with Crippen LogP contribution in [-0.2, 0) is 0 Å². The first kappa shape index (κ1) is 11.3.